The first kappa shape index (κ1) is 47.7. The van der Waals surface area contributed by atoms with Gasteiger partial charge in [0.05, 0.1) is 6.61 Å². The molecular formula is C50H62O8S2Si. The molecule has 5 aromatic rings. The highest BCUT2D eigenvalue weighted by Crippen LogP contribution is 2.41. The van der Waals surface area contributed by atoms with E-state index in [0.717, 1.165) is 48.8 Å². The Bertz CT molecular complexity index is 2240. The first-order valence-electron chi connectivity index (χ1n) is 21.6. The van der Waals surface area contributed by atoms with Crippen LogP contribution in [0.1, 0.15) is 99.2 Å². The highest BCUT2D eigenvalue weighted by Gasteiger charge is 2.26. The molecule has 1 atom stereocenters. The molecule has 0 amide bonds. The summed E-state index contributed by atoms with van der Waals surface area (Å²) < 4.78 is 51.9. The lowest BCUT2D eigenvalue weighted by Crippen LogP contribution is -2.22. The van der Waals surface area contributed by atoms with Crippen LogP contribution in [0.2, 0.25) is 25.7 Å². The number of aliphatic hydroxyl groups is 1. The maximum Gasteiger partial charge on any atom is 0.340 e. The molecule has 5 rings (SSSR count). The number of benzene rings is 5. The van der Waals surface area contributed by atoms with Crippen molar-refractivity contribution in [1.82, 2.24) is 0 Å². The number of hydrogen-bond acceptors (Lipinski definition) is 9. The minimum absolute atomic E-state index is 0.00668. The summed E-state index contributed by atoms with van der Waals surface area (Å²) in [5.74, 6) is 1.35. The highest BCUT2D eigenvalue weighted by molar-refractivity contribution is 8.00. The maximum absolute atomic E-state index is 14.2. The van der Waals surface area contributed by atoms with E-state index in [1.807, 2.05) is 48.5 Å². The van der Waals surface area contributed by atoms with Gasteiger partial charge < -0.3 is 23.5 Å². The molecule has 0 heterocycles. The molecule has 0 saturated carbocycles. The normalized spacial score (nSPS) is 12.2. The van der Waals surface area contributed by atoms with Gasteiger partial charge in [0, 0.05) is 42.0 Å². The van der Waals surface area contributed by atoms with Crippen LogP contribution in [0.15, 0.2) is 130 Å². The lowest BCUT2D eigenvalue weighted by atomic mass is 9.91. The summed E-state index contributed by atoms with van der Waals surface area (Å²) in [4.78, 5) is 14.8. The predicted molar refractivity (Wildman–Crippen MR) is 250 cm³/mol. The zero-order chi connectivity index (χ0) is 43.7. The Morgan fingerprint density at radius 3 is 2.15 bits per heavy atom. The standard InChI is InChI=1S/C50H62O8S2Si/c1-6-8-10-11-12-16-23-46(51)39-24-30-47(57-37-55-33-34-61(3,4)5)45(35-39)50(52)44-22-18-17-21-43(44)38-25-31-48(59-42-28-26-40(27-29-42)56-32-9-7-2)49(36-38)60(53,54)58-41-19-14-13-15-20-41/h13-15,17-22,24-31,35-36,50,52H,6-12,16,23,32-34,37H2,1-5H3. The van der Waals surface area contributed by atoms with E-state index < -0.39 is 24.3 Å². The van der Waals surface area contributed by atoms with E-state index in [4.69, 9.17) is 18.4 Å². The van der Waals surface area contributed by atoms with Crippen LogP contribution in [0.4, 0.5) is 0 Å². The van der Waals surface area contributed by atoms with Crippen LogP contribution < -0.4 is 13.7 Å². The molecule has 1 unspecified atom stereocenters. The molecular weight excluding hydrogens is 821 g/mol. The fraction of sp³-hybridized carbons (Fsp3) is 0.380. The van der Waals surface area contributed by atoms with Gasteiger partial charge in [0.15, 0.2) is 12.6 Å². The lowest BCUT2D eigenvalue weighted by molar-refractivity contribution is 0.0203. The molecule has 8 nitrogen and oxygen atoms in total. The number of unbranched alkanes of at least 4 members (excludes halogenated alkanes) is 6. The van der Waals surface area contributed by atoms with Crippen molar-refractivity contribution in [3.05, 3.63) is 132 Å². The van der Waals surface area contributed by atoms with Crippen LogP contribution in [0.25, 0.3) is 11.1 Å². The molecule has 61 heavy (non-hydrogen) atoms. The number of carbonyl (C=O) groups is 1. The van der Waals surface area contributed by atoms with Crippen molar-refractivity contribution in [2.24, 2.45) is 0 Å². The second-order valence-corrected chi connectivity index (χ2v) is 24.7. The van der Waals surface area contributed by atoms with E-state index in [1.165, 1.54) is 31.0 Å². The van der Waals surface area contributed by atoms with Crippen LogP contribution in [0, 0.1) is 0 Å². The molecule has 0 saturated heterocycles. The Morgan fingerprint density at radius 2 is 1.41 bits per heavy atom. The van der Waals surface area contributed by atoms with E-state index in [-0.39, 0.29) is 23.2 Å². The largest absolute Gasteiger partial charge is 0.494 e. The molecule has 326 valence electrons. The van der Waals surface area contributed by atoms with Gasteiger partial charge >= 0.3 is 10.1 Å². The van der Waals surface area contributed by atoms with Crippen molar-refractivity contribution in [3.8, 4) is 28.4 Å². The third-order valence-corrected chi connectivity index (χ3v) is 14.4. The van der Waals surface area contributed by atoms with Crippen LogP contribution in [0.5, 0.6) is 17.2 Å². The van der Waals surface area contributed by atoms with Crippen LogP contribution in [0.3, 0.4) is 0 Å². The number of rotatable bonds is 26. The molecule has 0 fully saturated rings. The van der Waals surface area contributed by atoms with E-state index in [2.05, 4.69) is 33.5 Å². The molecule has 0 aliphatic carbocycles. The molecule has 0 aliphatic heterocycles. The fourth-order valence-electron chi connectivity index (χ4n) is 6.65. The summed E-state index contributed by atoms with van der Waals surface area (Å²) in [6.45, 7) is 12.3. The van der Waals surface area contributed by atoms with E-state index in [9.17, 15) is 18.3 Å². The Balaban J connectivity index is 1.49. The second-order valence-electron chi connectivity index (χ2n) is 16.5. The van der Waals surface area contributed by atoms with Crippen molar-refractivity contribution in [2.45, 2.75) is 118 Å². The van der Waals surface area contributed by atoms with Crippen molar-refractivity contribution in [2.75, 3.05) is 20.0 Å². The summed E-state index contributed by atoms with van der Waals surface area (Å²) in [6, 6.07) is 34.7. The maximum atomic E-state index is 14.2. The first-order valence-corrected chi connectivity index (χ1v) is 27.5. The third kappa shape index (κ3) is 14.9. The van der Waals surface area contributed by atoms with Crippen molar-refractivity contribution < 1.29 is 36.7 Å². The highest BCUT2D eigenvalue weighted by atomic mass is 32.2. The number of carbonyl (C=O) groups excluding carboxylic acids is 1. The summed E-state index contributed by atoms with van der Waals surface area (Å²) in [5.41, 5.74) is 2.60. The van der Waals surface area contributed by atoms with Gasteiger partial charge in [-0.2, -0.15) is 8.42 Å². The molecule has 5 aromatic carbocycles. The average molecular weight is 883 g/mol. The number of ketones is 1. The molecule has 11 heteroatoms. The van der Waals surface area contributed by atoms with Gasteiger partial charge in [-0.15, -0.1) is 0 Å². The smallest absolute Gasteiger partial charge is 0.340 e. The Morgan fingerprint density at radius 1 is 0.705 bits per heavy atom. The number of hydrogen-bond donors (Lipinski definition) is 1. The lowest BCUT2D eigenvalue weighted by Gasteiger charge is -2.21. The summed E-state index contributed by atoms with van der Waals surface area (Å²) in [5, 5.41) is 12.3. The van der Waals surface area contributed by atoms with E-state index in [1.54, 1.807) is 66.7 Å². The molecule has 0 radical (unpaired) electrons. The van der Waals surface area contributed by atoms with Gasteiger partial charge in [-0.25, -0.2) is 0 Å². The quantitative estimate of drug-likeness (QED) is 0.0191. The minimum Gasteiger partial charge on any atom is -0.494 e. The molecule has 0 spiro atoms. The van der Waals surface area contributed by atoms with Crippen molar-refractivity contribution in [3.63, 3.8) is 0 Å². The zero-order valence-electron chi connectivity index (χ0n) is 36.4. The van der Waals surface area contributed by atoms with Gasteiger partial charge in [0.2, 0.25) is 0 Å². The fourth-order valence-corrected chi connectivity index (χ4v) is 9.70. The van der Waals surface area contributed by atoms with Crippen molar-refractivity contribution >= 4 is 35.7 Å². The van der Waals surface area contributed by atoms with Gasteiger partial charge in [-0.1, -0.05) is 132 Å². The predicted octanol–water partition coefficient (Wildman–Crippen LogP) is 13.2. The van der Waals surface area contributed by atoms with Gasteiger partial charge in [-0.05, 0) is 102 Å². The number of ether oxygens (including phenoxy) is 3. The SMILES string of the molecule is CCCCCCCCC(=O)c1ccc(OCOCC[Si](C)(C)C)c(C(O)c2ccccc2-c2ccc(Sc3ccc(OCCCC)cc3)c(S(=O)(=O)Oc3ccccc3)c2)c1. The second kappa shape index (κ2) is 23.7. The topological polar surface area (TPSA) is 108 Å². The Hall–Kier alpha value is -4.39. The molecule has 1 N–H and O–H groups in total. The Kier molecular flexibility index (Phi) is 18.5. The Labute approximate surface area is 369 Å². The summed E-state index contributed by atoms with van der Waals surface area (Å²) >= 11 is 1.31. The van der Waals surface area contributed by atoms with Gasteiger partial charge in [0.1, 0.15) is 28.2 Å². The van der Waals surface area contributed by atoms with Crippen LogP contribution >= 0.6 is 11.8 Å². The van der Waals surface area contributed by atoms with Crippen molar-refractivity contribution in [1.29, 1.82) is 0 Å². The van der Waals surface area contributed by atoms with Crippen LogP contribution in [-0.4, -0.2) is 47.4 Å². The van der Waals surface area contributed by atoms with Crippen LogP contribution in [-0.2, 0) is 14.9 Å². The molecule has 0 aromatic heterocycles. The monoisotopic (exact) mass is 882 g/mol. The van der Waals surface area contributed by atoms with Gasteiger partial charge in [-0.3, -0.25) is 4.79 Å². The number of Topliss-reactive ketones (excluding diaryl/α,β-unsaturated/α-hetero) is 1. The average Bonchev–Trinajstić information content (AvgIpc) is 3.25. The third-order valence-electron chi connectivity index (χ3n) is 10.2. The number of aliphatic hydroxyl groups excluding tert-OH is 1. The summed E-state index contributed by atoms with van der Waals surface area (Å²) in [7, 11) is -5.66. The summed E-state index contributed by atoms with van der Waals surface area (Å²) in [6.07, 6.45) is 7.63. The number of para-hydroxylation sites is 1. The first-order chi connectivity index (χ1) is 29.4. The molecule has 0 bridgehead atoms. The zero-order valence-corrected chi connectivity index (χ0v) is 39.0. The van der Waals surface area contributed by atoms with Gasteiger partial charge in [0.25, 0.3) is 0 Å². The molecule has 0 aliphatic rings. The van der Waals surface area contributed by atoms with E-state index in [0.29, 0.717) is 58.1 Å². The minimum atomic E-state index is -4.34. The van der Waals surface area contributed by atoms with E-state index >= 15 is 0 Å².